The third kappa shape index (κ3) is 3.74. The quantitative estimate of drug-likeness (QED) is 0.509. The SMILES string of the molecule is C/C(=N\Nc1nc(-c2ccc(F)cc2)cs1)c1sc(Cl)nc1C. The number of thiazole rings is 2. The summed E-state index contributed by atoms with van der Waals surface area (Å²) in [6, 6.07) is 6.23. The molecule has 23 heavy (non-hydrogen) atoms. The largest absolute Gasteiger partial charge is 0.252 e. The zero-order valence-electron chi connectivity index (χ0n) is 12.3. The molecule has 4 nitrogen and oxygen atoms in total. The molecule has 0 aliphatic carbocycles. The molecule has 0 bridgehead atoms. The van der Waals surface area contributed by atoms with E-state index in [4.69, 9.17) is 11.6 Å². The summed E-state index contributed by atoms with van der Waals surface area (Å²) in [7, 11) is 0. The van der Waals surface area contributed by atoms with Crippen molar-refractivity contribution in [2.45, 2.75) is 13.8 Å². The number of anilines is 1. The maximum Gasteiger partial charge on any atom is 0.203 e. The first-order valence-corrected chi connectivity index (χ1v) is 8.75. The molecule has 8 heteroatoms. The summed E-state index contributed by atoms with van der Waals surface area (Å²) < 4.78 is 13.5. The van der Waals surface area contributed by atoms with E-state index in [0.717, 1.165) is 27.5 Å². The monoisotopic (exact) mass is 366 g/mol. The van der Waals surface area contributed by atoms with Crippen LogP contribution in [-0.2, 0) is 0 Å². The van der Waals surface area contributed by atoms with Gasteiger partial charge in [-0.15, -0.1) is 22.7 Å². The molecule has 0 saturated heterocycles. The minimum Gasteiger partial charge on any atom is -0.252 e. The average molecular weight is 367 g/mol. The normalized spacial score (nSPS) is 11.7. The Labute approximate surface area is 145 Å². The van der Waals surface area contributed by atoms with E-state index in [1.807, 2.05) is 19.2 Å². The van der Waals surface area contributed by atoms with E-state index in [-0.39, 0.29) is 5.82 Å². The number of hydrogen-bond donors (Lipinski definition) is 1. The number of aryl methyl sites for hydroxylation is 1. The molecule has 0 radical (unpaired) electrons. The van der Waals surface area contributed by atoms with Crippen molar-refractivity contribution in [3.05, 3.63) is 50.5 Å². The van der Waals surface area contributed by atoms with Crippen LogP contribution in [0.25, 0.3) is 11.3 Å². The van der Waals surface area contributed by atoms with Gasteiger partial charge in [0.2, 0.25) is 5.13 Å². The molecule has 0 fully saturated rings. The zero-order valence-corrected chi connectivity index (χ0v) is 14.7. The number of benzene rings is 1. The summed E-state index contributed by atoms with van der Waals surface area (Å²) in [5.74, 6) is -0.263. The first-order chi connectivity index (χ1) is 11.0. The first kappa shape index (κ1) is 16.0. The van der Waals surface area contributed by atoms with Crippen LogP contribution in [0.15, 0.2) is 34.7 Å². The van der Waals surface area contributed by atoms with Crippen LogP contribution in [0.2, 0.25) is 4.47 Å². The lowest BCUT2D eigenvalue weighted by atomic mass is 10.2. The highest BCUT2D eigenvalue weighted by Gasteiger charge is 2.09. The number of aromatic nitrogens is 2. The van der Waals surface area contributed by atoms with Crippen molar-refractivity contribution >= 4 is 45.1 Å². The lowest BCUT2D eigenvalue weighted by molar-refractivity contribution is 0.628. The molecule has 2 aromatic heterocycles. The molecule has 118 valence electrons. The highest BCUT2D eigenvalue weighted by Crippen LogP contribution is 2.26. The van der Waals surface area contributed by atoms with Crippen LogP contribution in [0.4, 0.5) is 9.52 Å². The Morgan fingerprint density at radius 3 is 2.65 bits per heavy atom. The molecule has 0 unspecified atom stereocenters. The van der Waals surface area contributed by atoms with E-state index in [0.29, 0.717) is 9.60 Å². The summed E-state index contributed by atoms with van der Waals surface area (Å²) in [5, 5.41) is 6.89. The molecule has 3 aromatic rings. The molecule has 3 rings (SSSR count). The van der Waals surface area contributed by atoms with Gasteiger partial charge in [0.1, 0.15) is 5.82 Å². The lowest BCUT2D eigenvalue weighted by Crippen LogP contribution is -1.99. The molecule has 2 heterocycles. The fourth-order valence-electron chi connectivity index (χ4n) is 1.96. The van der Waals surface area contributed by atoms with Gasteiger partial charge >= 0.3 is 0 Å². The highest BCUT2D eigenvalue weighted by atomic mass is 35.5. The lowest BCUT2D eigenvalue weighted by Gasteiger charge is -1.99. The number of rotatable bonds is 4. The van der Waals surface area contributed by atoms with Gasteiger partial charge in [-0.05, 0) is 38.1 Å². The minimum atomic E-state index is -0.263. The van der Waals surface area contributed by atoms with E-state index in [9.17, 15) is 4.39 Å². The molecule has 0 saturated carbocycles. The number of nitrogens with zero attached hydrogens (tertiary/aromatic N) is 3. The summed E-state index contributed by atoms with van der Waals surface area (Å²) in [6.07, 6.45) is 0. The van der Waals surface area contributed by atoms with E-state index in [1.54, 1.807) is 12.1 Å². The number of halogens is 2. The molecule has 0 amide bonds. The average Bonchev–Trinajstić information content (AvgIpc) is 3.12. The first-order valence-electron chi connectivity index (χ1n) is 6.68. The van der Waals surface area contributed by atoms with Crippen molar-refractivity contribution in [3.63, 3.8) is 0 Å². The number of nitrogens with one attached hydrogen (secondary N) is 1. The summed E-state index contributed by atoms with van der Waals surface area (Å²) in [5.41, 5.74) is 6.23. The van der Waals surface area contributed by atoms with E-state index in [1.165, 1.54) is 34.8 Å². The Bertz CT molecular complexity index is 855. The Hall–Kier alpha value is -1.83. The van der Waals surface area contributed by atoms with Gasteiger partial charge in [0.05, 0.1) is 22.0 Å². The number of hydrazone groups is 1. The smallest absolute Gasteiger partial charge is 0.203 e. The molecule has 0 aliphatic rings. The van der Waals surface area contributed by atoms with Gasteiger partial charge < -0.3 is 0 Å². The van der Waals surface area contributed by atoms with Crippen LogP contribution in [0.3, 0.4) is 0 Å². The molecule has 0 spiro atoms. The summed E-state index contributed by atoms with van der Waals surface area (Å²) in [4.78, 5) is 9.56. The van der Waals surface area contributed by atoms with Crippen molar-refractivity contribution in [1.82, 2.24) is 9.97 Å². The second kappa shape index (κ2) is 6.74. The van der Waals surface area contributed by atoms with Crippen LogP contribution in [-0.4, -0.2) is 15.7 Å². The topological polar surface area (TPSA) is 50.2 Å². The van der Waals surface area contributed by atoms with Gasteiger partial charge in [-0.25, -0.2) is 14.4 Å². The maximum absolute atomic E-state index is 13.0. The molecular formula is C15H12ClFN4S2. The Morgan fingerprint density at radius 1 is 1.26 bits per heavy atom. The highest BCUT2D eigenvalue weighted by molar-refractivity contribution is 7.17. The zero-order chi connectivity index (χ0) is 16.4. The Kier molecular flexibility index (Phi) is 4.70. The second-order valence-electron chi connectivity index (χ2n) is 4.74. The van der Waals surface area contributed by atoms with Crippen molar-refractivity contribution in [3.8, 4) is 11.3 Å². The Balaban J connectivity index is 1.75. The van der Waals surface area contributed by atoms with Crippen LogP contribution >= 0.6 is 34.3 Å². The fourth-order valence-corrected chi connectivity index (χ4v) is 3.72. The molecule has 0 atom stereocenters. The molecule has 1 N–H and O–H groups in total. The number of hydrogen-bond acceptors (Lipinski definition) is 6. The van der Waals surface area contributed by atoms with E-state index >= 15 is 0 Å². The second-order valence-corrected chi connectivity index (χ2v) is 7.17. The minimum absolute atomic E-state index is 0.263. The molecular weight excluding hydrogens is 355 g/mol. The van der Waals surface area contributed by atoms with E-state index in [2.05, 4.69) is 20.5 Å². The van der Waals surface area contributed by atoms with Crippen LogP contribution in [0.1, 0.15) is 17.5 Å². The third-order valence-corrected chi connectivity index (χ3v) is 5.18. The maximum atomic E-state index is 13.0. The van der Waals surface area contributed by atoms with Crippen LogP contribution < -0.4 is 5.43 Å². The van der Waals surface area contributed by atoms with Gasteiger partial charge in [-0.2, -0.15) is 5.10 Å². The predicted molar refractivity (Wildman–Crippen MR) is 95.2 cm³/mol. The third-order valence-electron chi connectivity index (χ3n) is 3.06. The van der Waals surface area contributed by atoms with Gasteiger partial charge in [-0.3, -0.25) is 5.43 Å². The van der Waals surface area contributed by atoms with Crippen molar-refractivity contribution in [1.29, 1.82) is 0 Å². The standard InChI is InChI=1S/C15H12ClFN4S2/c1-8-13(23-14(16)18-8)9(2)20-21-15-19-12(7-22-15)10-3-5-11(17)6-4-10/h3-7H,1-2H3,(H,19,21)/b20-9+. The predicted octanol–water partition coefficient (Wildman–Crippen LogP) is 5.20. The van der Waals surface area contributed by atoms with E-state index < -0.39 is 0 Å². The van der Waals surface area contributed by atoms with Crippen LogP contribution in [0.5, 0.6) is 0 Å². The molecule has 1 aromatic carbocycles. The van der Waals surface area contributed by atoms with Crippen LogP contribution in [0, 0.1) is 12.7 Å². The van der Waals surface area contributed by atoms with Crippen molar-refractivity contribution in [2.24, 2.45) is 5.10 Å². The van der Waals surface area contributed by atoms with Crippen molar-refractivity contribution < 1.29 is 4.39 Å². The van der Waals surface area contributed by atoms with Gasteiger partial charge in [-0.1, -0.05) is 11.6 Å². The summed E-state index contributed by atoms with van der Waals surface area (Å²) >= 11 is 8.73. The van der Waals surface area contributed by atoms with Crippen molar-refractivity contribution in [2.75, 3.05) is 5.43 Å². The van der Waals surface area contributed by atoms with Gasteiger partial charge in [0, 0.05) is 10.9 Å². The van der Waals surface area contributed by atoms with Gasteiger partial charge in [0.25, 0.3) is 0 Å². The summed E-state index contributed by atoms with van der Waals surface area (Å²) in [6.45, 7) is 3.78. The fraction of sp³-hybridized carbons (Fsp3) is 0.133. The molecule has 0 aliphatic heterocycles. The Morgan fingerprint density at radius 2 is 2.00 bits per heavy atom. The van der Waals surface area contributed by atoms with Gasteiger partial charge in [0.15, 0.2) is 4.47 Å².